The largest absolute Gasteiger partial charge is 0.460 e. The van der Waals surface area contributed by atoms with E-state index in [1.807, 2.05) is 0 Å². The molecule has 2 fully saturated rings. The maximum atomic E-state index is 11.5. The molecule has 3 nitrogen and oxygen atoms in total. The molecule has 1 saturated heterocycles. The number of carbonyl (C=O) groups excluding carboxylic acids is 1. The Morgan fingerprint density at radius 3 is 2.47 bits per heavy atom. The lowest BCUT2D eigenvalue weighted by Crippen LogP contribution is -2.22. The number of rotatable bonds is 6. The van der Waals surface area contributed by atoms with Crippen molar-refractivity contribution >= 4 is 16.9 Å². The molecule has 1 heterocycles. The lowest BCUT2D eigenvalue weighted by atomic mass is 10.3. The van der Waals surface area contributed by atoms with Crippen molar-refractivity contribution in [2.75, 3.05) is 30.5 Å². The van der Waals surface area contributed by atoms with Crippen LogP contribution in [0.2, 0.25) is 0 Å². The zero-order valence-electron chi connectivity index (χ0n) is 10.5. The molecular weight excluding hydrogens is 236 g/mol. The van der Waals surface area contributed by atoms with Crippen molar-refractivity contribution in [3.63, 3.8) is 0 Å². The van der Waals surface area contributed by atoms with Gasteiger partial charge in [-0.2, -0.15) is 0 Å². The molecular formula is C13H23O3S+. The van der Waals surface area contributed by atoms with E-state index in [-0.39, 0.29) is 5.97 Å². The van der Waals surface area contributed by atoms with Crippen molar-refractivity contribution in [3.8, 4) is 0 Å². The Balaban J connectivity index is 1.47. The molecule has 0 amide bonds. The normalized spacial score (nSPS) is 22.1. The van der Waals surface area contributed by atoms with Gasteiger partial charge in [-0.25, -0.2) is 4.79 Å². The Morgan fingerprint density at radius 2 is 1.76 bits per heavy atom. The van der Waals surface area contributed by atoms with E-state index < -0.39 is 0 Å². The molecule has 17 heavy (non-hydrogen) atoms. The summed E-state index contributed by atoms with van der Waals surface area (Å²) in [4.78, 5) is 11.5. The SMILES string of the molecule is O=C(C[S+]1CCCC1)OCCOC1CCCC1. The average Bonchev–Trinajstić information content (AvgIpc) is 2.96. The number of ether oxygens (including phenoxy) is 2. The summed E-state index contributed by atoms with van der Waals surface area (Å²) in [7, 11) is 0.320. The average molecular weight is 259 g/mol. The smallest absolute Gasteiger partial charge is 0.356 e. The van der Waals surface area contributed by atoms with E-state index >= 15 is 0 Å². The molecule has 0 radical (unpaired) electrons. The minimum absolute atomic E-state index is 0.0229. The maximum Gasteiger partial charge on any atom is 0.356 e. The molecule has 4 heteroatoms. The summed E-state index contributed by atoms with van der Waals surface area (Å²) in [5.74, 6) is 3.08. The predicted octanol–water partition coefficient (Wildman–Crippen LogP) is 1.90. The topological polar surface area (TPSA) is 35.5 Å². The number of hydrogen-bond donors (Lipinski definition) is 0. The van der Waals surface area contributed by atoms with E-state index in [2.05, 4.69) is 0 Å². The van der Waals surface area contributed by atoms with Gasteiger partial charge >= 0.3 is 5.97 Å². The maximum absolute atomic E-state index is 11.5. The predicted molar refractivity (Wildman–Crippen MR) is 70.4 cm³/mol. The van der Waals surface area contributed by atoms with Crippen molar-refractivity contribution < 1.29 is 14.3 Å². The van der Waals surface area contributed by atoms with E-state index in [1.54, 1.807) is 0 Å². The molecule has 0 aromatic heterocycles. The van der Waals surface area contributed by atoms with Gasteiger partial charge in [0.1, 0.15) is 18.1 Å². The van der Waals surface area contributed by atoms with Crippen LogP contribution in [-0.4, -0.2) is 42.5 Å². The van der Waals surface area contributed by atoms with Gasteiger partial charge in [-0.3, -0.25) is 0 Å². The Bertz CT molecular complexity index is 233. The van der Waals surface area contributed by atoms with E-state index in [1.165, 1.54) is 50.0 Å². The molecule has 0 unspecified atom stereocenters. The Labute approximate surface area is 107 Å². The summed E-state index contributed by atoms with van der Waals surface area (Å²) in [6, 6.07) is 0. The highest BCUT2D eigenvalue weighted by Gasteiger charge is 2.27. The van der Waals surface area contributed by atoms with Crippen molar-refractivity contribution in [1.82, 2.24) is 0 Å². The minimum Gasteiger partial charge on any atom is -0.460 e. The van der Waals surface area contributed by atoms with Gasteiger partial charge in [0.25, 0.3) is 0 Å². The van der Waals surface area contributed by atoms with Gasteiger partial charge in [0.05, 0.1) is 12.7 Å². The third-order valence-corrected chi connectivity index (χ3v) is 5.82. The van der Waals surface area contributed by atoms with Crippen LogP contribution in [-0.2, 0) is 25.2 Å². The molecule has 98 valence electrons. The van der Waals surface area contributed by atoms with Gasteiger partial charge in [-0.1, -0.05) is 12.8 Å². The lowest BCUT2D eigenvalue weighted by molar-refractivity contribution is -0.142. The van der Waals surface area contributed by atoms with Crippen molar-refractivity contribution in [1.29, 1.82) is 0 Å². The fraction of sp³-hybridized carbons (Fsp3) is 0.923. The highest BCUT2D eigenvalue weighted by Crippen LogP contribution is 2.20. The molecule has 0 aromatic rings. The molecule has 0 atom stereocenters. The van der Waals surface area contributed by atoms with Gasteiger partial charge in [0.15, 0.2) is 0 Å². The van der Waals surface area contributed by atoms with Crippen LogP contribution in [0.5, 0.6) is 0 Å². The zero-order valence-corrected chi connectivity index (χ0v) is 11.3. The molecule has 2 rings (SSSR count). The van der Waals surface area contributed by atoms with Crippen LogP contribution >= 0.6 is 0 Å². The summed E-state index contributed by atoms with van der Waals surface area (Å²) in [5, 5.41) is 0. The summed E-state index contributed by atoms with van der Waals surface area (Å²) >= 11 is 0. The van der Waals surface area contributed by atoms with E-state index in [4.69, 9.17) is 9.47 Å². The number of esters is 1. The van der Waals surface area contributed by atoms with E-state index in [0.29, 0.717) is 36.0 Å². The standard InChI is InChI=1S/C13H23O3S/c14-13(11-17-9-3-4-10-17)16-8-7-15-12-5-1-2-6-12/h12H,1-11H2/q+1. The Hall–Kier alpha value is -0.220. The number of carbonyl (C=O) groups is 1. The van der Waals surface area contributed by atoms with Crippen molar-refractivity contribution in [2.45, 2.75) is 44.6 Å². The van der Waals surface area contributed by atoms with Gasteiger partial charge in [-0.15, -0.1) is 0 Å². The van der Waals surface area contributed by atoms with Crippen LogP contribution < -0.4 is 0 Å². The lowest BCUT2D eigenvalue weighted by Gasteiger charge is -2.10. The van der Waals surface area contributed by atoms with Gasteiger partial charge in [0, 0.05) is 0 Å². The van der Waals surface area contributed by atoms with Gasteiger partial charge in [-0.05, 0) is 36.6 Å². The van der Waals surface area contributed by atoms with Crippen LogP contribution in [0.1, 0.15) is 38.5 Å². The molecule has 1 saturated carbocycles. The highest BCUT2D eigenvalue weighted by molar-refractivity contribution is 7.97. The quantitative estimate of drug-likeness (QED) is 0.415. The highest BCUT2D eigenvalue weighted by atomic mass is 32.2. The minimum atomic E-state index is -0.0229. The summed E-state index contributed by atoms with van der Waals surface area (Å²) in [6.45, 7) is 1.01. The fourth-order valence-corrected chi connectivity index (χ4v) is 4.63. The molecule has 1 aliphatic carbocycles. The van der Waals surface area contributed by atoms with Crippen LogP contribution in [0.3, 0.4) is 0 Å². The third-order valence-electron chi connectivity index (χ3n) is 3.44. The van der Waals surface area contributed by atoms with E-state index in [9.17, 15) is 4.79 Å². The molecule has 0 bridgehead atoms. The molecule has 0 spiro atoms. The Morgan fingerprint density at radius 1 is 1.06 bits per heavy atom. The van der Waals surface area contributed by atoms with Crippen LogP contribution in [0.25, 0.3) is 0 Å². The summed E-state index contributed by atoms with van der Waals surface area (Å²) < 4.78 is 10.9. The van der Waals surface area contributed by atoms with Crippen LogP contribution in [0, 0.1) is 0 Å². The molecule has 1 aliphatic heterocycles. The second kappa shape index (κ2) is 7.27. The molecule has 0 N–H and O–H groups in total. The van der Waals surface area contributed by atoms with Crippen molar-refractivity contribution in [2.24, 2.45) is 0 Å². The Kier molecular flexibility index (Phi) is 5.65. The van der Waals surface area contributed by atoms with Crippen molar-refractivity contribution in [3.05, 3.63) is 0 Å². The van der Waals surface area contributed by atoms with E-state index in [0.717, 1.165) is 0 Å². The zero-order chi connectivity index (χ0) is 11.9. The van der Waals surface area contributed by atoms with Crippen LogP contribution in [0.15, 0.2) is 0 Å². The molecule has 2 aliphatic rings. The fourth-order valence-electron chi connectivity index (χ4n) is 2.49. The van der Waals surface area contributed by atoms with Crippen LogP contribution in [0.4, 0.5) is 0 Å². The third kappa shape index (κ3) is 4.88. The first kappa shape index (κ1) is 13.2. The second-order valence-corrected chi connectivity index (χ2v) is 7.20. The summed E-state index contributed by atoms with van der Waals surface area (Å²) in [5.41, 5.74) is 0. The number of hydrogen-bond acceptors (Lipinski definition) is 3. The van der Waals surface area contributed by atoms with Gasteiger partial charge in [0.2, 0.25) is 5.75 Å². The first-order valence-corrected chi connectivity index (χ1v) is 8.49. The first-order valence-electron chi connectivity index (χ1n) is 6.76. The molecule has 0 aromatic carbocycles. The van der Waals surface area contributed by atoms with Gasteiger partial charge < -0.3 is 9.47 Å². The summed E-state index contributed by atoms with van der Waals surface area (Å²) in [6.07, 6.45) is 7.93. The monoisotopic (exact) mass is 259 g/mol. The second-order valence-electron chi connectivity index (χ2n) is 4.87. The first-order chi connectivity index (χ1) is 8.34.